The number of hydrogen-bond donors (Lipinski definition) is 2. The highest BCUT2D eigenvalue weighted by molar-refractivity contribution is 5.86. The molecule has 30 heavy (non-hydrogen) atoms. The van der Waals surface area contributed by atoms with Crippen LogP contribution in [0.2, 0.25) is 0 Å². The van der Waals surface area contributed by atoms with Crippen molar-refractivity contribution < 1.29 is 9.53 Å². The highest BCUT2D eigenvalue weighted by atomic mass is 16.5. The van der Waals surface area contributed by atoms with E-state index in [1.54, 1.807) is 10.9 Å². The van der Waals surface area contributed by atoms with Crippen LogP contribution >= 0.6 is 0 Å². The van der Waals surface area contributed by atoms with Crippen molar-refractivity contribution in [1.82, 2.24) is 29.7 Å². The van der Waals surface area contributed by atoms with E-state index in [0.29, 0.717) is 29.3 Å². The molecule has 0 bridgehead atoms. The van der Waals surface area contributed by atoms with Crippen molar-refractivity contribution in [3.8, 4) is 6.07 Å². The number of aromatic nitrogens is 4. The fourth-order valence-corrected chi connectivity index (χ4v) is 3.58. The molecule has 3 rings (SSSR count). The van der Waals surface area contributed by atoms with Gasteiger partial charge in [0.25, 0.3) is 0 Å². The second-order valence-electron chi connectivity index (χ2n) is 7.80. The third-order valence-corrected chi connectivity index (χ3v) is 5.08. The number of carbonyl (C=O) groups excluding carboxylic acids is 1. The minimum Gasteiger partial charge on any atom is -0.379 e. The van der Waals surface area contributed by atoms with E-state index in [2.05, 4.69) is 44.3 Å². The van der Waals surface area contributed by atoms with Crippen LogP contribution in [0.4, 0.5) is 5.82 Å². The molecule has 10 nitrogen and oxygen atoms in total. The van der Waals surface area contributed by atoms with Gasteiger partial charge in [0.15, 0.2) is 11.5 Å². The van der Waals surface area contributed by atoms with E-state index in [9.17, 15) is 4.79 Å². The smallest absolute Gasteiger partial charge is 0.244 e. The quantitative estimate of drug-likeness (QED) is 0.439. The summed E-state index contributed by atoms with van der Waals surface area (Å²) in [5, 5.41) is 14.8. The zero-order chi connectivity index (χ0) is 21.3. The lowest BCUT2D eigenvalue weighted by atomic mass is 10.0. The second-order valence-corrected chi connectivity index (χ2v) is 7.80. The van der Waals surface area contributed by atoms with E-state index < -0.39 is 6.04 Å². The molecule has 0 radical (unpaired) electrons. The van der Waals surface area contributed by atoms with Crippen molar-refractivity contribution in [1.29, 1.82) is 5.26 Å². The monoisotopic (exact) mass is 414 g/mol. The van der Waals surface area contributed by atoms with Crippen LogP contribution in [0, 0.1) is 17.2 Å². The molecule has 1 aliphatic rings. The summed E-state index contributed by atoms with van der Waals surface area (Å²) in [4.78, 5) is 28.2. The number of nitrogens with one attached hydrogen (secondary N) is 2. The van der Waals surface area contributed by atoms with Gasteiger partial charge in [-0.1, -0.05) is 13.8 Å². The summed E-state index contributed by atoms with van der Waals surface area (Å²) in [7, 11) is 0. The largest absolute Gasteiger partial charge is 0.379 e. The number of nitrogens with zero attached hydrogens (tertiary/aromatic N) is 6. The van der Waals surface area contributed by atoms with E-state index >= 15 is 0 Å². The van der Waals surface area contributed by atoms with E-state index in [-0.39, 0.29) is 12.5 Å². The van der Waals surface area contributed by atoms with Crippen LogP contribution in [0.5, 0.6) is 0 Å². The van der Waals surface area contributed by atoms with Gasteiger partial charge in [0.05, 0.1) is 25.6 Å². The summed E-state index contributed by atoms with van der Waals surface area (Å²) < 4.78 is 7.16. The van der Waals surface area contributed by atoms with Gasteiger partial charge in [-0.05, 0) is 25.3 Å². The Bertz CT molecular complexity index is 869. The first kappa shape index (κ1) is 21.9. The predicted octanol–water partition coefficient (Wildman–Crippen LogP) is 1.19. The first-order chi connectivity index (χ1) is 14.6. The number of amides is 1. The molecule has 2 aromatic heterocycles. The molecule has 2 aromatic rings. The number of morpholine rings is 1. The average molecular weight is 415 g/mol. The van der Waals surface area contributed by atoms with Gasteiger partial charge in [0.1, 0.15) is 24.4 Å². The maximum atomic E-state index is 12.6. The summed E-state index contributed by atoms with van der Waals surface area (Å²) >= 11 is 0. The Labute approximate surface area is 176 Å². The number of anilines is 1. The molecule has 1 amide bonds. The summed E-state index contributed by atoms with van der Waals surface area (Å²) in [6, 6.07) is 1.47. The Hall–Kier alpha value is -2.77. The highest BCUT2D eigenvalue weighted by Gasteiger charge is 2.24. The Balaban J connectivity index is 1.69. The Morgan fingerprint density at radius 1 is 1.30 bits per heavy atom. The molecule has 0 aliphatic carbocycles. The lowest BCUT2D eigenvalue weighted by Crippen LogP contribution is -2.37. The van der Waals surface area contributed by atoms with Crippen LogP contribution in [0.25, 0.3) is 11.2 Å². The van der Waals surface area contributed by atoms with Gasteiger partial charge in [-0.3, -0.25) is 9.69 Å². The lowest BCUT2D eigenvalue weighted by Gasteiger charge is -2.26. The molecule has 1 unspecified atom stereocenters. The molecule has 1 aliphatic heterocycles. The maximum Gasteiger partial charge on any atom is 0.244 e. The van der Waals surface area contributed by atoms with E-state index in [1.165, 1.54) is 6.33 Å². The first-order valence-corrected chi connectivity index (χ1v) is 10.5. The van der Waals surface area contributed by atoms with Gasteiger partial charge in [0.2, 0.25) is 5.91 Å². The number of carbonyl (C=O) groups is 1. The SMILES string of the molecule is CC(C)CC(C(=O)NCC#N)n1cnc2c(NCCCN3CCOCC3)ncnc21. The summed E-state index contributed by atoms with van der Waals surface area (Å²) in [6.45, 7) is 9.43. The van der Waals surface area contributed by atoms with Crippen LogP contribution in [0.15, 0.2) is 12.7 Å². The summed E-state index contributed by atoms with van der Waals surface area (Å²) in [6.07, 6.45) is 4.73. The zero-order valence-electron chi connectivity index (χ0n) is 17.7. The van der Waals surface area contributed by atoms with Gasteiger partial charge in [0, 0.05) is 19.6 Å². The van der Waals surface area contributed by atoms with Crippen molar-refractivity contribution in [2.45, 2.75) is 32.7 Å². The normalized spacial score (nSPS) is 15.8. The molecule has 0 spiro atoms. The van der Waals surface area contributed by atoms with Crippen molar-refractivity contribution in [2.75, 3.05) is 51.3 Å². The topological polar surface area (TPSA) is 121 Å². The number of ether oxygens (including phenoxy) is 1. The van der Waals surface area contributed by atoms with Crippen LogP contribution in [0.3, 0.4) is 0 Å². The van der Waals surface area contributed by atoms with E-state index in [4.69, 9.17) is 10.00 Å². The van der Waals surface area contributed by atoms with Crippen molar-refractivity contribution in [3.63, 3.8) is 0 Å². The third-order valence-electron chi connectivity index (χ3n) is 5.08. The van der Waals surface area contributed by atoms with Gasteiger partial charge in [-0.2, -0.15) is 5.26 Å². The summed E-state index contributed by atoms with van der Waals surface area (Å²) in [5.74, 6) is 0.754. The minimum absolute atomic E-state index is 0.0228. The van der Waals surface area contributed by atoms with Gasteiger partial charge < -0.3 is 19.9 Å². The lowest BCUT2D eigenvalue weighted by molar-refractivity contribution is -0.124. The first-order valence-electron chi connectivity index (χ1n) is 10.5. The van der Waals surface area contributed by atoms with Crippen LogP contribution in [-0.4, -0.2) is 76.3 Å². The molecule has 1 atom stereocenters. The molecule has 3 heterocycles. The molecular weight excluding hydrogens is 384 g/mol. The van der Waals surface area contributed by atoms with Gasteiger partial charge >= 0.3 is 0 Å². The Morgan fingerprint density at radius 2 is 2.10 bits per heavy atom. The van der Waals surface area contributed by atoms with Crippen LogP contribution in [0.1, 0.15) is 32.7 Å². The number of fused-ring (bicyclic) bond motifs is 1. The zero-order valence-corrected chi connectivity index (χ0v) is 17.7. The molecule has 10 heteroatoms. The van der Waals surface area contributed by atoms with Crippen LogP contribution in [-0.2, 0) is 9.53 Å². The standard InChI is InChI=1S/C20H30N8O2/c1-15(2)12-16(20(29)23-6-4-21)28-14-26-17-18(24-13-25-19(17)28)22-5-3-7-27-8-10-30-11-9-27/h13-16H,3,5-12H2,1-2H3,(H,23,29)(H,22,24,25). The number of rotatable bonds is 10. The molecule has 2 N–H and O–H groups in total. The predicted molar refractivity (Wildman–Crippen MR) is 113 cm³/mol. The minimum atomic E-state index is -0.479. The fraction of sp³-hybridized carbons (Fsp3) is 0.650. The fourth-order valence-electron chi connectivity index (χ4n) is 3.58. The van der Waals surface area contributed by atoms with Crippen LogP contribution < -0.4 is 10.6 Å². The Morgan fingerprint density at radius 3 is 2.83 bits per heavy atom. The Kier molecular flexibility index (Phi) is 7.93. The number of hydrogen-bond acceptors (Lipinski definition) is 8. The van der Waals surface area contributed by atoms with E-state index in [0.717, 1.165) is 45.8 Å². The maximum absolute atomic E-state index is 12.6. The number of imidazole rings is 1. The molecule has 1 fully saturated rings. The molecule has 0 aromatic carbocycles. The summed E-state index contributed by atoms with van der Waals surface area (Å²) in [5.41, 5.74) is 1.25. The molecule has 0 saturated carbocycles. The van der Waals surface area contributed by atoms with Crippen molar-refractivity contribution >= 4 is 22.9 Å². The van der Waals surface area contributed by atoms with Gasteiger partial charge in [-0.15, -0.1) is 0 Å². The second kappa shape index (κ2) is 10.8. The number of nitriles is 1. The third kappa shape index (κ3) is 5.64. The van der Waals surface area contributed by atoms with Crippen molar-refractivity contribution in [2.24, 2.45) is 5.92 Å². The molecular formula is C20H30N8O2. The molecule has 162 valence electrons. The highest BCUT2D eigenvalue weighted by Crippen LogP contribution is 2.25. The van der Waals surface area contributed by atoms with Crippen molar-refractivity contribution in [3.05, 3.63) is 12.7 Å². The van der Waals surface area contributed by atoms with Gasteiger partial charge in [-0.25, -0.2) is 15.0 Å². The van der Waals surface area contributed by atoms with E-state index in [1.807, 2.05) is 6.07 Å². The average Bonchev–Trinajstić information content (AvgIpc) is 3.18. The molecule has 1 saturated heterocycles.